The molecule has 0 rings (SSSR count). The van der Waals surface area contributed by atoms with Crippen LogP contribution in [0, 0.1) is 0 Å². The molecule has 0 aromatic carbocycles. The number of alkyl carbamates (subject to hydrolysis) is 2. The van der Waals surface area contributed by atoms with Crippen molar-refractivity contribution in [3.8, 4) is 0 Å². The van der Waals surface area contributed by atoms with Crippen molar-refractivity contribution in [3.63, 3.8) is 0 Å². The highest BCUT2D eigenvalue weighted by atomic mass is 32.1. The van der Waals surface area contributed by atoms with Crippen LogP contribution >= 0.6 is 12.8 Å². The van der Waals surface area contributed by atoms with E-state index < -0.39 is 24.2 Å². The second kappa shape index (κ2) is 14.8. The van der Waals surface area contributed by atoms with Gasteiger partial charge in [-0.05, 0) is 20.3 Å². The minimum absolute atomic E-state index is 0.101. The van der Waals surface area contributed by atoms with E-state index in [-0.39, 0.29) is 39.1 Å². The van der Waals surface area contributed by atoms with E-state index >= 15 is 0 Å². The summed E-state index contributed by atoms with van der Waals surface area (Å²) in [6.07, 6.45) is -1.36. The number of rotatable bonds is 13. The maximum absolute atomic E-state index is 11.3. The molecule has 0 atom stereocenters. The Labute approximate surface area is 147 Å². The highest BCUT2D eigenvalue weighted by molar-refractivity contribution is 7.75. The minimum atomic E-state index is -0.659. The summed E-state index contributed by atoms with van der Waals surface area (Å²) in [7, 11) is 0. The van der Waals surface area contributed by atoms with E-state index in [1.165, 1.54) is 0 Å². The van der Waals surface area contributed by atoms with Gasteiger partial charge in [-0.25, -0.2) is 19.4 Å². The van der Waals surface area contributed by atoms with Crippen molar-refractivity contribution < 1.29 is 32.9 Å². The quantitative estimate of drug-likeness (QED) is 0.162. The van der Waals surface area contributed by atoms with Crippen LogP contribution in [0.25, 0.3) is 0 Å². The van der Waals surface area contributed by atoms with Gasteiger partial charge in [-0.3, -0.25) is 4.79 Å². The third kappa shape index (κ3) is 12.8. The lowest BCUT2D eigenvalue weighted by atomic mass is 10.3. The van der Waals surface area contributed by atoms with Gasteiger partial charge in [0.1, 0.15) is 20.4 Å². The normalized spacial score (nSPS) is 10.7. The summed E-state index contributed by atoms with van der Waals surface area (Å²) in [6, 6.07) is 0. The Kier molecular flexibility index (Phi) is 12.6. The zero-order valence-electron chi connectivity index (χ0n) is 14.8. The van der Waals surface area contributed by atoms with E-state index in [0.717, 1.165) is 0 Å². The summed E-state index contributed by atoms with van der Waals surface area (Å²) in [6.45, 7) is 4.33. The predicted octanol–water partition coefficient (Wildman–Crippen LogP) is 0.537. The van der Waals surface area contributed by atoms with E-state index in [9.17, 15) is 14.4 Å². The molecule has 0 saturated heterocycles. The second-order valence-corrected chi connectivity index (χ2v) is 4.63. The average Bonchev–Trinajstić information content (AvgIpc) is 2.58. The standard InChI is InChI=1S/C13H25N3O7S/c1-3-14-12(18)21-8-10(9-22-13(19)15-4-2)20-7-5-6-11(17)16-23-24/h10,24H,3-9H2,1-2H3,(H,14,18)(H,15,19)(H,16,17)/i/hT. The van der Waals surface area contributed by atoms with Crippen LogP contribution in [0.2, 0.25) is 0 Å². The molecule has 0 aromatic rings. The maximum atomic E-state index is 11.3. The monoisotopic (exact) mass is 369 g/mol. The Bertz CT molecular complexity index is 382. The molecule has 0 saturated carbocycles. The number of hydroxylamine groups is 1. The lowest BCUT2D eigenvalue weighted by molar-refractivity contribution is -0.127. The number of amides is 3. The van der Waals surface area contributed by atoms with Gasteiger partial charge in [0, 0.05) is 38.9 Å². The molecule has 0 spiro atoms. The van der Waals surface area contributed by atoms with Gasteiger partial charge in [0.05, 0.1) is 0 Å². The zero-order valence-corrected chi connectivity index (χ0v) is 14.6. The van der Waals surface area contributed by atoms with Crippen LogP contribution in [0.1, 0.15) is 26.7 Å². The van der Waals surface area contributed by atoms with Crippen molar-refractivity contribution >= 4 is 30.9 Å². The van der Waals surface area contributed by atoms with E-state index in [1.807, 2.05) is 0 Å². The van der Waals surface area contributed by atoms with Crippen LogP contribution in [-0.2, 0) is 23.3 Å². The Balaban J connectivity index is 4.16. The number of hydrogen-bond acceptors (Lipinski definition) is 8. The van der Waals surface area contributed by atoms with E-state index in [1.54, 1.807) is 13.8 Å². The van der Waals surface area contributed by atoms with Crippen LogP contribution in [0.15, 0.2) is 0 Å². The molecule has 3 N–H and O–H groups in total. The lowest BCUT2D eigenvalue weighted by Crippen LogP contribution is -2.34. The molecule has 0 heterocycles. The number of carbonyl (C=O) groups is 3. The Morgan fingerprint density at radius 2 is 1.67 bits per heavy atom. The van der Waals surface area contributed by atoms with E-state index in [2.05, 4.69) is 20.4 Å². The fraction of sp³-hybridized carbons (Fsp3) is 0.769. The zero-order chi connectivity index (χ0) is 18.9. The molecular formula is C13H25N3O7S. The van der Waals surface area contributed by atoms with Crippen molar-refractivity contribution in [2.75, 3.05) is 32.9 Å². The first-order valence-corrected chi connectivity index (χ1v) is 7.87. The Hall–Kier alpha value is -1.72. The molecule has 0 unspecified atom stereocenters. The van der Waals surface area contributed by atoms with Gasteiger partial charge in [-0.15, -0.1) is 0 Å². The molecule has 0 radical (unpaired) electrons. The highest BCUT2D eigenvalue weighted by Crippen LogP contribution is 2.00. The van der Waals surface area contributed by atoms with Crippen molar-refractivity contribution in [1.82, 2.24) is 16.1 Å². The van der Waals surface area contributed by atoms with Gasteiger partial charge in [0.25, 0.3) is 0 Å². The number of carbonyl (C=O) groups excluding carboxylic acids is 3. The van der Waals surface area contributed by atoms with Crippen LogP contribution < -0.4 is 16.1 Å². The number of hydrogen-bond donors (Lipinski definition) is 4. The van der Waals surface area contributed by atoms with Gasteiger partial charge in [0.15, 0.2) is 0 Å². The first kappa shape index (κ1) is 20.3. The molecule has 0 fully saturated rings. The minimum Gasteiger partial charge on any atom is -0.447 e. The molecule has 0 aliphatic heterocycles. The largest absolute Gasteiger partial charge is 0.447 e. The SMILES string of the molecule is [3H]SONC(=O)CCCOC(COC(=O)NCC)COC(=O)NCC. The highest BCUT2D eigenvalue weighted by Gasteiger charge is 2.15. The summed E-state index contributed by atoms with van der Waals surface area (Å²) in [5.74, 6) is -0.392. The lowest BCUT2D eigenvalue weighted by Gasteiger charge is -2.18. The fourth-order valence-corrected chi connectivity index (χ4v) is 1.55. The van der Waals surface area contributed by atoms with Crippen LogP contribution in [0.4, 0.5) is 9.59 Å². The molecule has 24 heavy (non-hydrogen) atoms. The fourth-order valence-electron chi connectivity index (χ4n) is 1.45. The molecule has 140 valence electrons. The van der Waals surface area contributed by atoms with Crippen molar-refractivity contribution in [2.45, 2.75) is 32.8 Å². The van der Waals surface area contributed by atoms with Gasteiger partial charge < -0.3 is 24.8 Å². The second-order valence-electron chi connectivity index (χ2n) is 4.46. The van der Waals surface area contributed by atoms with E-state index in [4.69, 9.17) is 15.3 Å². The smallest absolute Gasteiger partial charge is 0.407 e. The van der Waals surface area contributed by atoms with Crippen LogP contribution in [0.3, 0.4) is 0 Å². The average molecular weight is 369 g/mol. The number of ether oxygens (including phenoxy) is 3. The summed E-state index contributed by atoms with van der Waals surface area (Å²) in [4.78, 5) is 33.9. The van der Waals surface area contributed by atoms with Crippen molar-refractivity contribution in [1.29, 1.82) is 1.12 Å². The number of thiol groups is 1. The topological polar surface area (TPSA) is 124 Å². The van der Waals surface area contributed by atoms with Gasteiger partial charge in [-0.2, -0.15) is 0 Å². The van der Waals surface area contributed by atoms with Crippen molar-refractivity contribution in [2.24, 2.45) is 0 Å². The molecule has 0 aliphatic carbocycles. The Morgan fingerprint density at radius 3 is 2.17 bits per heavy atom. The maximum Gasteiger partial charge on any atom is 0.407 e. The summed E-state index contributed by atoms with van der Waals surface area (Å²) in [5, 5.41) is 4.93. The van der Waals surface area contributed by atoms with E-state index in [0.29, 0.717) is 19.5 Å². The first-order chi connectivity index (χ1) is 12.0. The van der Waals surface area contributed by atoms with Gasteiger partial charge in [-0.1, -0.05) is 0 Å². The predicted molar refractivity (Wildman–Crippen MR) is 87.2 cm³/mol. The molecule has 11 heteroatoms. The van der Waals surface area contributed by atoms with Crippen LogP contribution in [-0.4, -0.2) is 58.2 Å². The summed E-state index contributed by atoms with van der Waals surface area (Å²) < 4.78 is 26.4. The molecule has 10 nitrogen and oxygen atoms in total. The number of nitrogens with one attached hydrogen (secondary N) is 3. The molecule has 3 amide bonds. The Morgan fingerprint density at radius 1 is 1.08 bits per heavy atom. The molecular weight excluding hydrogens is 342 g/mol. The third-order valence-electron chi connectivity index (χ3n) is 2.50. The molecule has 0 aliphatic rings. The van der Waals surface area contributed by atoms with Crippen molar-refractivity contribution in [3.05, 3.63) is 0 Å². The molecule has 0 aromatic heterocycles. The summed E-state index contributed by atoms with van der Waals surface area (Å²) in [5.41, 5.74) is 2.05. The summed E-state index contributed by atoms with van der Waals surface area (Å²) >= 11 is 0.279. The molecule has 0 bridgehead atoms. The first-order valence-electron chi connectivity index (χ1n) is 7.94. The van der Waals surface area contributed by atoms with Gasteiger partial charge in [0.2, 0.25) is 5.91 Å². The van der Waals surface area contributed by atoms with Crippen LogP contribution in [0.5, 0.6) is 0 Å². The third-order valence-corrected chi connectivity index (χ3v) is 2.58. The van der Waals surface area contributed by atoms with Gasteiger partial charge >= 0.3 is 12.2 Å².